The van der Waals surface area contributed by atoms with E-state index >= 15 is 0 Å². The molecule has 2 heterocycles. The maximum atomic E-state index is 10.1. The molecule has 2 aliphatic heterocycles. The van der Waals surface area contributed by atoms with Crippen molar-refractivity contribution in [3.8, 4) is 34.5 Å². The molecule has 4 N–H and O–H groups in total. The van der Waals surface area contributed by atoms with Crippen molar-refractivity contribution >= 4 is 0 Å². The van der Waals surface area contributed by atoms with Crippen LogP contribution in [0.5, 0.6) is 34.5 Å². The van der Waals surface area contributed by atoms with Crippen LogP contribution in [0.25, 0.3) is 0 Å². The van der Waals surface area contributed by atoms with Gasteiger partial charge in [0.1, 0.15) is 34.5 Å². The summed E-state index contributed by atoms with van der Waals surface area (Å²) >= 11 is 0. The third-order valence-corrected chi connectivity index (χ3v) is 11.4. The van der Waals surface area contributed by atoms with Crippen molar-refractivity contribution in [1.82, 2.24) is 0 Å². The number of phenols is 4. The number of benzene rings is 4. The van der Waals surface area contributed by atoms with Crippen molar-refractivity contribution < 1.29 is 29.9 Å². The number of hydrogen-bond donors (Lipinski definition) is 4. The molecule has 0 atom stereocenters. The van der Waals surface area contributed by atoms with Gasteiger partial charge in [-0.1, -0.05) is 79.7 Å². The number of aromatic hydroxyl groups is 4. The van der Waals surface area contributed by atoms with Crippen LogP contribution >= 0.6 is 0 Å². The Balaban J connectivity index is 0.000000152. The Bertz CT molecular complexity index is 1810. The van der Waals surface area contributed by atoms with Gasteiger partial charge in [0.25, 0.3) is 5.79 Å². The second-order valence-electron chi connectivity index (χ2n) is 17.3. The van der Waals surface area contributed by atoms with Crippen molar-refractivity contribution in [1.29, 1.82) is 0 Å². The molecule has 8 rings (SSSR count). The van der Waals surface area contributed by atoms with Gasteiger partial charge in [-0.05, 0) is 82.3 Å². The van der Waals surface area contributed by atoms with E-state index in [4.69, 9.17) is 9.47 Å². The molecule has 252 valence electrons. The van der Waals surface area contributed by atoms with Gasteiger partial charge in [-0.25, -0.2) is 0 Å². The average Bonchev–Trinajstić information content (AvgIpc) is 3.30. The van der Waals surface area contributed by atoms with Gasteiger partial charge < -0.3 is 29.9 Å². The predicted octanol–water partition coefficient (Wildman–Crippen LogP) is 9.36. The Morgan fingerprint density at radius 3 is 1.08 bits per heavy atom. The van der Waals surface area contributed by atoms with Gasteiger partial charge in [-0.15, -0.1) is 0 Å². The Hall–Kier alpha value is -4.32. The highest BCUT2D eigenvalue weighted by Crippen LogP contribution is 2.63. The Morgan fingerprint density at radius 1 is 0.396 bits per heavy atom. The van der Waals surface area contributed by atoms with Gasteiger partial charge in [-0.3, -0.25) is 0 Å². The normalized spacial score (nSPS) is 21.8. The van der Waals surface area contributed by atoms with E-state index in [0.29, 0.717) is 35.8 Å². The molecule has 0 saturated carbocycles. The first-order valence-corrected chi connectivity index (χ1v) is 17.0. The van der Waals surface area contributed by atoms with Gasteiger partial charge in [0.2, 0.25) is 0 Å². The van der Waals surface area contributed by atoms with Gasteiger partial charge >= 0.3 is 0 Å². The zero-order chi connectivity index (χ0) is 34.7. The van der Waals surface area contributed by atoms with Crippen LogP contribution in [-0.4, -0.2) is 26.2 Å². The standard InChI is InChI=1S/C21H24O4.C21H24O2/c1-19(2)11-21(24-17-9-13(22)5-7-15(17)19)12-20(3,4)16-8-6-14(23)10-18(16)25-21;1-19(2)11-21(17-9-13(22)5-7-15(17)19)12-20(3,4)16-8-6-14(23)10-18(16)21/h5-10,22-23H,11-12H2,1-4H3;5-10,22-23H,11-12H2,1-4H3. The van der Waals surface area contributed by atoms with E-state index in [-0.39, 0.29) is 38.6 Å². The number of ether oxygens (including phenoxy) is 2. The third kappa shape index (κ3) is 4.98. The van der Waals surface area contributed by atoms with Crippen LogP contribution in [0, 0.1) is 0 Å². The lowest BCUT2D eigenvalue weighted by Crippen LogP contribution is -2.55. The van der Waals surface area contributed by atoms with E-state index in [1.807, 2.05) is 24.3 Å². The molecule has 0 bridgehead atoms. The van der Waals surface area contributed by atoms with E-state index in [1.54, 1.807) is 36.4 Å². The minimum absolute atomic E-state index is 0.0617. The van der Waals surface area contributed by atoms with Crippen LogP contribution in [0.4, 0.5) is 0 Å². The predicted molar refractivity (Wildman–Crippen MR) is 188 cm³/mol. The monoisotopic (exact) mass is 648 g/mol. The molecule has 0 radical (unpaired) electrons. The van der Waals surface area contributed by atoms with Crippen LogP contribution < -0.4 is 9.47 Å². The molecule has 48 heavy (non-hydrogen) atoms. The zero-order valence-electron chi connectivity index (χ0n) is 29.4. The molecule has 0 aromatic heterocycles. The smallest absolute Gasteiger partial charge is 0.252 e. The molecule has 4 aromatic carbocycles. The van der Waals surface area contributed by atoms with Crippen molar-refractivity contribution in [2.75, 3.05) is 0 Å². The Kier molecular flexibility index (Phi) is 6.78. The lowest BCUT2D eigenvalue weighted by molar-refractivity contribution is -0.166. The molecule has 4 aliphatic rings. The van der Waals surface area contributed by atoms with E-state index in [1.165, 1.54) is 22.3 Å². The minimum atomic E-state index is -0.825. The van der Waals surface area contributed by atoms with Crippen molar-refractivity contribution in [3.05, 3.63) is 106 Å². The summed E-state index contributed by atoms with van der Waals surface area (Å²) in [7, 11) is 0. The number of fused-ring (bicyclic) bond motifs is 6. The van der Waals surface area contributed by atoms with Crippen LogP contribution in [-0.2, 0) is 27.1 Å². The maximum Gasteiger partial charge on any atom is 0.252 e. The van der Waals surface area contributed by atoms with E-state index in [9.17, 15) is 20.4 Å². The first-order valence-electron chi connectivity index (χ1n) is 17.0. The van der Waals surface area contributed by atoms with Crippen molar-refractivity contribution in [2.45, 2.75) is 114 Å². The molecular formula is C42H48O6. The van der Waals surface area contributed by atoms with Crippen LogP contribution in [0.15, 0.2) is 72.8 Å². The summed E-state index contributed by atoms with van der Waals surface area (Å²) < 4.78 is 12.7. The van der Waals surface area contributed by atoms with Gasteiger partial charge in [0, 0.05) is 52.3 Å². The lowest BCUT2D eigenvalue weighted by Gasteiger charge is -2.51. The molecule has 0 fully saturated rings. The molecule has 0 amide bonds. The van der Waals surface area contributed by atoms with Crippen molar-refractivity contribution in [2.24, 2.45) is 0 Å². The summed E-state index contributed by atoms with van der Waals surface area (Å²) in [6.45, 7) is 17.8. The Morgan fingerprint density at radius 2 is 0.708 bits per heavy atom. The van der Waals surface area contributed by atoms with Crippen LogP contribution in [0.2, 0.25) is 0 Å². The highest BCUT2D eigenvalue weighted by molar-refractivity contribution is 5.61. The Labute approximate surface area is 284 Å². The molecule has 0 unspecified atom stereocenters. The fourth-order valence-corrected chi connectivity index (χ4v) is 9.80. The fraction of sp³-hybridized carbons (Fsp3) is 0.429. The SMILES string of the molecule is CC1(C)CC2(CC(C)(C)c3ccc(O)cc32)c2cc(O)ccc21.CC1(C)CC2(CC(C)(C)c3ccc(O)cc3O2)Oc2cc(O)ccc21. The fourth-order valence-electron chi connectivity index (χ4n) is 9.80. The second kappa shape index (κ2) is 10.1. The van der Waals surface area contributed by atoms with Crippen molar-refractivity contribution in [3.63, 3.8) is 0 Å². The first-order chi connectivity index (χ1) is 22.3. The summed E-state index contributed by atoms with van der Waals surface area (Å²) in [5.41, 5.74) is 6.94. The lowest BCUT2D eigenvalue weighted by atomic mass is 9.69. The zero-order valence-corrected chi connectivity index (χ0v) is 29.4. The molecule has 2 spiro atoms. The van der Waals surface area contributed by atoms with E-state index < -0.39 is 5.79 Å². The third-order valence-electron chi connectivity index (χ3n) is 11.4. The largest absolute Gasteiger partial charge is 0.508 e. The molecule has 2 aliphatic carbocycles. The molecule has 6 nitrogen and oxygen atoms in total. The average molecular weight is 649 g/mol. The molecule has 6 heteroatoms. The summed E-state index contributed by atoms with van der Waals surface area (Å²) in [6.07, 6.45) is 3.41. The second-order valence-corrected chi connectivity index (χ2v) is 17.3. The number of phenolic OH excluding ortho intramolecular Hbond substituents is 4. The van der Waals surface area contributed by atoms with Gasteiger partial charge in [0.15, 0.2) is 0 Å². The summed E-state index contributed by atoms with van der Waals surface area (Å²) in [5.74, 6) is 1.51. The van der Waals surface area contributed by atoms with Crippen LogP contribution in [0.1, 0.15) is 114 Å². The number of rotatable bonds is 0. The highest BCUT2D eigenvalue weighted by Gasteiger charge is 2.56. The molecular weight excluding hydrogens is 600 g/mol. The first kappa shape index (κ1) is 32.2. The molecule has 4 aromatic rings. The van der Waals surface area contributed by atoms with Gasteiger partial charge in [0.05, 0.1) is 0 Å². The summed E-state index contributed by atoms with van der Waals surface area (Å²) in [5, 5.41) is 40.0. The topological polar surface area (TPSA) is 99.4 Å². The minimum Gasteiger partial charge on any atom is -0.508 e. The van der Waals surface area contributed by atoms with Crippen LogP contribution in [0.3, 0.4) is 0 Å². The molecule has 0 saturated heterocycles. The summed E-state index contributed by atoms with van der Waals surface area (Å²) in [6, 6.07) is 22.2. The number of hydrogen-bond acceptors (Lipinski definition) is 6. The quantitative estimate of drug-likeness (QED) is 0.152. The summed E-state index contributed by atoms with van der Waals surface area (Å²) in [4.78, 5) is 0. The maximum absolute atomic E-state index is 10.1. The van der Waals surface area contributed by atoms with E-state index in [2.05, 4.69) is 67.5 Å². The van der Waals surface area contributed by atoms with E-state index in [0.717, 1.165) is 24.0 Å². The van der Waals surface area contributed by atoms with Gasteiger partial charge in [-0.2, -0.15) is 0 Å². The highest BCUT2D eigenvalue weighted by atomic mass is 16.7.